The van der Waals surface area contributed by atoms with Crippen LogP contribution in [0.15, 0.2) is 60.7 Å². The maximum Gasteiger partial charge on any atom is 0.261 e. The fraction of sp³-hybridized carbons (Fsp3) is 0.500. The number of benzene rings is 2. The van der Waals surface area contributed by atoms with E-state index in [9.17, 15) is 10.1 Å². The molecule has 1 fully saturated rings. The third-order valence-electron chi connectivity index (χ3n) is 6.73. The molecular formula is C28H37NO4Si. The predicted molar refractivity (Wildman–Crippen MR) is 137 cm³/mol. The number of hydrogen-bond acceptors (Lipinski definition) is 5. The van der Waals surface area contributed by atoms with Crippen LogP contribution < -0.4 is 10.4 Å². The van der Waals surface area contributed by atoms with Crippen molar-refractivity contribution in [1.29, 1.82) is 5.26 Å². The molecule has 0 aromatic heterocycles. The average Bonchev–Trinajstić information content (AvgIpc) is 2.82. The van der Waals surface area contributed by atoms with Crippen LogP contribution in [0.2, 0.25) is 5.04 Å². The number of carbonyl (C=O) groups excluding carboxylic acids is 1. The molecule has 1 saturated heterocycles. The van der Waals surface area contributed by atoms with Gasteiger partial charge in [-0.05, 0) is 28.3 Å². The summed E-state index contributed by atoms with van der Waals surface area (Å²) in [6.07, 6.45) is 2.97. The SMILES string of the molecule is CO[C@H](CC=O)C[C@@H]1C[C@@H](O[Si](c2ccccc2)(c2ccccc2)C(C)(C)C)C[C@H](CC#N)O1. The Bertz CT molecular complexity index is 899. The summed E-state index contributed by atoms with van der Waals surface area (Å²) in [4.78, 5) is 11.1. The highest BCUT2D eigenvalue weighted by Crippen LogP contribution is 2.40. The molecule has 0 N–H and O–H groups in total. The summed E-state index contributed by atoms with van der Waals surface area (Å²) in [6, 6.07) is 23.5. The Labute approximate surface area is 205 Å². The normalized spacial score (nSPS) is 22.0. The maximum absolute atomic E-state index is 11.1. The fourth-order valence-electron chi connectivity index (χ4n) is 5.18. The summed E-state index contributed by atoms with van der Waals surface area (Å²) >= 11 is 0. The van der Waals surface area contributed by atoms with Gasteiger partial charge in [0.05, 0.1) is 36.9 Å². The number of hydrogen-bond donors (Lipinski definition) is 0. The van der Waals surface area contributed by atoms with Gasteiger partial charge in [-0.1, -0.05) is 81.4 Å². The van der Waals surface area contributed by atoms with Crippen LogP contribution in [0.5, 0.6) is 0 Å². The van der Waals surface area contributed by atoms with Gasteiger partial charge in [0.1, 0.15) is 6.29 Å². The van der Waals surface area contributed by atoms with Crippen molar-refractivity contribution in [1.82, 2.24) is 0 Å². The number of methoxy groups -OCH3 is 1. The quantitative estimate of drug-likeness (QED) is 0.373. The van der Waals surface area contributed by atoms with E-state index < -0.39 is 8.32 Å². The Morgan fingerprint density at radius 1 is 1.06 bits per heavy atom. The molecule has 2 aromatic carbocycles. The predicted octanol–water partition coefficient (Wildman–Crippen LogP) is 4.39. The summed E-state index contributed by atoms with van der Waals surface area (Å²) in [5.41, 5.74) is 0. The van der Waals surface area contributed by atoms with Crippen molar-refractivity contribution in [2.45, 2.75) is 82.3 Å². The van der Waals surface area contributed by atoms with Crippen LogP contribution in [0.3, 0.4) is 0 Å². The van der Waals surface area contributed by atoms with Crippen LogP contribution in [-0.2, 0) is 18.7 Å². The minimum atomic E-state index is -2.71. The molecule has 2 aromatic rings. The van der Waals surface area contributed by atoms with E-state index in [1.54, 1.807) is 7.11 Å². The summed E-state index contributed by atoms with van der Waals surface area (Å²) < 4.78 is 19.1. The molecule has 0 aliphatic carbocycles. The van der Waals surface area contributed by atoms with Gasteiger partial charge in [0.15, 0.2) is 0 Å². The largest absolute Gasteiger partial charge is 0.404 e. The Balaban J connectivity index is 2.00. The van der Waals surface area contributed by atoms with E-state index in [4.69, 9.17) is 13.9 Å². The van der Waals surface area contributed by atoms with E-state index in [-0.39, 0.29) is 29.5 Å². The lowest BCUT2D eigenvalue weighted by molar-refractivity contribution is -0.115. The Morgan fingerprint density at radius 2 is 1.62 bits per heavy atom. The topological polar surface area (TPSA) is 68.5 Å². The molecule has 34 heavy (non-hydrogen) atoms. The molecule has 0 amide bonds. The van der Waals surface area contributed by atoms with Crippen molar-refractivity contribution in [2.75, 3.05) is 7.11 Å². The Hall–Kier alpha value is -2.30. The zero-order valence-corrected chi connectivity index (χ0v) is 21.8. The molecule has 182 valence electrons. The molecule has 1 aliphatic rings. The Kier molecular flexibility index (Phi) is 9.21. The highest BCUT2D eigenvalue weighted by Gasteiger charge is 2.52. The van der Waals surface area contributed by atoms with Crippen molar-refractivity contribution < 1.29 is 18.7 Å². The highest BCUT2D eigenvalue weighted by atomic mass is 28.4. The first-order valence-corrected chi connectivity index (χ1v) is 14.0. The number of ether oxygens (including phenoxy) is 2. The van der Waals surface area contributed by atoms with Gasteiger partial charge >= 0.3 is 0 Å². The van der Waals surface area contributed by atoms with Crippen molar-refractivity contribution in [3.05, 3.63) is 60.7 Å². The van der Waals surface area contributed by atoms with Gasteiger partial charge < -0.3 is 18.7 Å². The van der Waals surface area contributed by atoms with Crippen LogP contribution in [-0.4, -0.2) is 46.1 Å². The zero-order chi connectivity index (χ0) is 24.6. The van der Waals surface area contributed by atoms with Gasteiger partial charge in [0, 0.05) is 20.0 Å². The minimum absolute atomic E-state index is 0.0582. The van der Waals surface area contributed by atoms with Gasteiger partial charge in [-0.3, -0.25) is 0 Å². The number of aldehydes is 1. The number of carbonyl (C=O) groups is 1. The average molecular weight is 480 g/mol. The van der Waals surface area contributed by atoms with Crippen LogP contribution in [0.25, 0.3) is 0 Å². The smallest absolute Gasteiger partial charge is 0.261 e. The molecule has 4 atom stereocenters. The van der Waals surface area contributed by atoms with Crippen LogP contribution in [0, 0.1) is 11.3 Å². The van der Waals surface area contributed by atoms with E-state index >= 15 is 0 Å². The lowest BCUT2D eigenvalue weighted by Gasteiger charge is -2.47. The molecule has 0 unspecified atom stereocenters. The minimum Gasteiger partial charge on any atom is -0.404 e. The molecule has 3 rings (SSSR count). The second kappa shape index (κ2) is 11.9. The van der Waals surface area contributed by atoms with Crippen LogP contribution in [0.1, 0.15) is 52.9 Å². The van der Waals surface area contributed by atoms with Crippen LogP contribution >= 0.6 is 0 Å². The van der Waals surface area contributed by atoms with Gasteiger partial charge in [0.2, 0.25) is 0 Å². The van der Waals surface area contributed by atoms with Gasteiger partial charge in [-0.15, -0.1) is 0 Å². The van der Waals surface area contributed by atoms with E-state index in [2.05, 4.69) is 75.4 Å². The summed E-state index contributed by atoms with van der Waals surface area (Å²) in [6.45, 7) is 6.81. The van der Waals surface area contributed by atoms with Crippen molar-refractivity contribution in [3.63, 3.8) is 0 Å². The molecule has 1 aliphatic heterocycles. The summed E-state index contributed by atoms with van der Waals surface area (Å²) in [5.74, 6) is 0. The maximum atomic E-state index is 11.1. The molecule has 6 heteroatoms. The second-order valence-corrected chi connectivity index (χ2v) is 14.4. The number of rotatable bonds is 10. The lowest BCUT2D eigenvalue weighted by Crippen LogP contribution is -2.68. The first kappa shape index (κ1) is 26.3. The second-order valence-electron chi connectivity index (χ2n) is 10.1. The first-order chi connectivity index (χ1) is 16.3. The first-order valence-electron chi connectivity index (χ1n) is 12.1. The summed E-state index contributed by atoms with van der Waals surface area (Å²) in [5, 5.41) is 11.7. The molecule has 1 heterocycles. The molecule has 0 spiro atoms. The third kappa shape index (κ3) is 6.03. The van der Waals surface area contributed by atoms with E-state index in [1.807, 2.05) is 12.1 Å². The lowest BCUT2D eigenvalue weighted by atomic mass is 9.95. The van der Waals surface area contributed by atoms with Gasteiger partial charge in [-0.2, -0.15) is 5.26 Å². The molecule has 5 nitrogen and oxygen atoms in total. The standard InChI is InChI=1S/C28H37NO4Si/c1-28(2,3)34(26-11-7-5-8-12-26,27-13-9-6-10-14-27)33-25-20-23(15-17-29)32-24(21-25)19-22(31-4)16-18-30/h5-14,18,22-25H,15-16,19-21H2,1-4H3/t22-,23+,24-,25+/m1/s1. The summed E-state index contributed by atoms with van der Waals surface area (Å²) in [7, 11) is -1.08. The van der Waals surface area contributed by atoms with E-state index in [1.165, 1.54) is 10.4 Å². The third-order valence-corrected chi connectivity index (χ3v) is 11.8. The highest BCUT2D eigenvalue weighted by molar-refractivity contribution is 6.99. The Morgan fingerprint density at radius 3 is 2.09 bits per heavy atom. The van der Waals surface area contributed by atoms with Gasteiger partial charge in [-0.25, -0.2) is 0 Å². The molecule has 0 saturated carbocycles. The fourth-order valence-corrected chi connectivity index (χ4v) is 9.88. The number of nitriles is 1. The van der Waals surface area contributed by atoms with Gasteiger partial charge in [0.25, 0.3) is 8.32 Å². The zero-order valence-electron chi connectivity index (χ0n) is 20.8. The monoisotopic (exact) mass is 479 g/mol. The number of nitrogens with zero attached hydrogens (tertiary/aromatic N) is 1. The molecule has 0 radical (unpaired) electrons. The van der Waals surface area contributed by atoms with E-state index in [0.29, 0.717) is 32.1 Å². The molecular weight excluding hydrogens is 442 g/mol. The van der Waals surface area contributed by atoms with Crippen molar-refractivity contribution >= 4 is 25.0 Å². The van der Waals surface area contributed by atoms with Crippen molar-refractivity contribution in [3.8, 4) is 6.07 Å². The van der Waals surface area contributed by atoms with E-state index in [0.717, 1.165) is 6.29 Å². The molecule has 0 bridgehead atoms. The van der Waals surface area contributed by atoms with Crippen LogP contribution in [0.4, 0.5) is 0 Å². The van der Waals surface area contributed by atoms with Crippen molar-refractivity contribution in [2.24, 2.45) is 0 Å².